The van der Waals surface area contributed by atoms with Crippen molar-refractivity contribution in [2.24, 2.45) is 5.73 Å². The minimum absolute atomic E-state index is 0.265. The third-order valence-electron chi connectivity index (χ3n) is 0.477. The van der Waals surface area contributed by atoms with Gasteiger partial charge in [0.15, 0.2) is 0 Å². The molecule has 0 bridgehead atoms. The second kappa shape index (κ2) is 3.64. The van der Waals surface area contributed by atoms with Crippen molar-refractivity contribution in [2.75, 3.05) is 6.61 Å². The van der Waals surface area contributed by atoms with Crippen LogP contribution in [-0.4, -0.2) is 12.3 Å². The van der Waals surface area contributed by atoms with Crippen molar-refractivity contribution in [2.45, 2.75) is 6.92 Å². The first-order valence-electron chi connectivity index (χ1n) is 2.15. The van der Waals surface area contributed by atoms with Gasteiger partial charge in [0.25, 0.3) is 13.7 Å². The summed E-state index contributed by atoms with van der Waals surface area (Å²) in [7, 11) is -2.57. The molecule has 1 amide bonds. The number of hydrogen-bond acceptors (Lipinski definition) is 3. The highest BCUT2D eigenvalue weighted by Gasteiger charge is 2.02. The molecule has 0 rings (SSSR count). The number of carbonyl (C=O) groups is 1. The van der Waals surface area contributed by atoms with E-state index in [0.717, 1.165) is 0 Å². The molecular formula is C3H8NO3P. The van der Waals surface area contributed by atoms with Gasteiger partial charge >= 0.3 is 0 Å². The number of nitrogens with two attached hydrogens (primary N) is 1. The molecule has 0 aliphatic carbocycles. The molecular weight excluding hydrogens is 129 g/mol. The smallest absolute Gasteiger partial charge is 0.300 e. The van der Waals surface area contributed by atoms with Crippen LogP contribution in [0, 0.1) is 0 Å². The van der Waals surface area contributed by atoms with Crippen molar-refractivity contribution < 1.29 is 13.9 Å². The Morgan fingerprint density at radius 1 is 1.88 bits per heavy atom. The number of carbonyl (C=O) groups excluding carboxylic acids is 1. The molecule has 0 aromatic rings. The van der Waals surface area contributed by atoms with Crippen molar-refractivity contribution in [3.63, 3.8) is 0 Å². The van der Waals surface area contributed by atoms with E-state index in [2.05, 4.69) is 10.3 Å². The fourth-order valence-electron chi connectivity index (χ4n) is 0.202. The van der Waals surface area contributed by atoms with E-state index < -0.39 is 13.7 Å². The van der Waals surface area contributed by atoms with E-state index in [-0.39, 0.29) is 6.61 Å². The maximum Gasteiger partial charge on any atom is 0.300 e. The molecule has 0 radical (unpaired) electrons. The lowest BCUT2D eigenvalue weighted by Crippen LogP contribution is -2.02. The van der Waals surface area contributed by atoms with Crippen molar-refractivity contribution >= 4 is 13.7 Å². The molecule has 5 heteroatoms. The van der Waals surface area contributed by atoms with Crippen molar-refractivity contribution in [1.29, 1.82) is 0 Å². The predicted octanol–water partition coefficient (Wildman–Crippen LogP) is 0.576. The van der Waals surface area contributed by atoms with Crippen LogP contribution in [0.15, 0.2) is 0 Å². The van der Waals surface area contributed by atoms with Gasteiger partial charge in [0.2, 0.25) is 0 Å². The van der Waals surface area contributed by atoms with E-state index >= 15 is 0 Å². The first-order valence-corrected chi connectivity index (χ1v) is 3.46. The monoisotopic (exact) mass is 137 g/mol. The largest absolute Gasteiger partial charge is 0.361 e. The zero-order chi connectivity index (χ0) is 6.57. The van der Waals surface area contributed by atoms with Gasteiger partial charge in [-0.25, -0.2) is 0 Å². The molecule has 1 atom stereocenters. The number of primary amides is 1. The van der Waals surface area contributed by atoms with Gasteiger partial charge in [0.05, 0.1) is 6.61 Å². The second-order valence-electron chi connectivity index (χ2n) is 1.08. The molecule has 0 fully saturated rings. The van der Waals surface area contributed by atoms with Crippen LogP contribution < -0.4 is 5.73 Å². The van der Waals surface area contributed by atoms with Crippen LogP contribution in [0.3, 0.4) is 0 Å². The van der Waals surface area contributed by atoms with Crippen LogP contribution in [-0.2, 0) is 9.09 Å². The van der Waals surface area contributed by atoms with E-state index in [1.54, 1.807) is 6.92 Å². The van der Waals surface area contributed by atoms with Gasteiger partial charge in [-0.2, -0.15) is 0 Å². The molecule has 0 aliphatic rings. The molecule has 0 saturated heterocycles. The summed E-state index contributed by atoms with van der Waals surface area (Å²) in [6.45, 7) is 1.91. The first kappa shape index (κ1) is 7.66. The SMILES string of the molecule is CCO[PH](=O)C(N)=O. The lowest BCUT2D eigenvalue weighted by Gasteiger charge is -1.92. The first-order chi connectivity index (χ1) is 3.68. The maximum absolute atomic E-state index is 10.2. The summed E-state index contributed by atoms with van der Waals surface area (Å²) in [4.78, 5) is 9.92. The molecule has 0 aliphatic heterocycles. The molecule has 0 aromatic carbocycles. The zero-order valence-corrected chi connectivity index (χ0v) is 5.51. The van der Waals surface area contributed by atoms with Crippen LogP contribution in [0.5, 0.6) is 0 Å². The van der Waals surface area contributed by atoms with Crippen LogP contribution in [0.25, 0.3) is 0 Å². The Bertz CT molecular complexity index is 113. The van der Waals surface area contributed by atoms with Gasteiger partial charge < -0.3 is 10.3 Å². The predicted molar refractivity (Wildman–Crippen MR) is 30.2 cm³/mol. The van der Waals surface area contributed by atoms with Gasteiger partial charge in [0.1, 0.15) is 0 Å². The minimum atomic E-state index is -2.57. The van der Waals surface area contributed by atoms with Crippen molar-refractivity contribution in [3.05, 3.63) is 0 Å². The molecule has 2 N–H and O–H groups in total. The summed E-state index contributed by atoms with van der Waals surface area (Å²) in [5.74, 6) is 0. The standard InChI is InChI=1S/C3H8NO3P/c1-2-7-8(6)3(4)5/h8H,2H2,1H3,(H2,4,5). The van der Waals surface area contributed by atoms with Crippen LogP contribution in [0.1, 0.15) is 6.92 Å². The van der Waals surface area contributed by atoms with Crippen molar-refractivity contribution in [3.8, 4) is 0 Å². The lowest BCUT2D eigenvalue weighted by molar-refractivity contribution is 0.259. The zero-order valence-electron chi connectivity index (χ0n) is 4.51. The van der Waals surface area contributed by atoms with Crippen molar-refractivity contribution in [1.82, 2.24) is 0 Å². The highest BCUT2D eigenvalue weighted by molar-refractivity contribution is 7.58. The minimum Gasteiger partial charge on any atom is -0.361 e. The normalized spacial score (nSPS) is 13.1. The number of rotatable bonds is 3. The molecule has 48 valence electrons. The Hall–Kier alpha value is -0.340. The van der Waals surface area contributed by atoms with E-state index in [4.69, 9.17) is 0 Å². The highest BCUT2D eigenvalue weighted by Crippen LogP contribution is 2.19. The summed E-state index contributed by atoms with van der Waals surface area (Å²) in [5, 5.41) is 0. The van der Waals surface area contributed by atoms with Crippen LogP contribution >= 0.6 is 8.03 Å². The van der Waals surface area contributed by atoms with E-state index in [1.165, 1.54) is 0 Å². The number of amides is 1. The van der Waals surface area contributed by atoms with E-state index in [0.29, 0.717) is 0 Å². The third-order valence-corrected chi connectivity index (χ3v) is 1.43. The fraction of sp³-hybridized carbons (Fsp3) is 0.667. The summed E-state index contributed by atoms with van der Waals surface area (Å²) in [6, 6.07) is 0. The van der Waals surface area contributed by atoms with Crippen LogP contribution in [0.2, 0.25) is 0 Å². The van der Waals surface area contributed by atoms with Gasteiger partial charge in [-0.15, -0.1) is 0 Å². The summed E-state index contributed by atoms with van der Waals surface area (Å²) >= 11 is 0. The molecule has 0 saturated carbocycles. The Kier molecular flexibility index (Phi) is 3.48. The Morgan fingerprint density at radius 2 is 2.38 bits per heavy atom. The molecule has 8 heavy (non-hydrogen) atoms. The molecule has 0 aromatic heterocycles. The van der Waals surface area contributed by atoms with E-state index in [9.17, 15) is 9.36 Å². The molecule has 1 unspecified atom stereocenters. The average Bonchev–Trinajstić information content (AvgIpc) is 1.67. The number of hydrogen-bond donors (Lipinski definition) is 1. The summed E-state index contributed by atoms with van der Waals surface area (Å²) in [6.07, 6.45) is 0. The van der Waals surface area contributed by atoms with E-state index in [1.807, 2.05) is 0 Å². The summed E-state index contributed by atoms with van der Waals surface area (Å²) < 4.78 is 14.6. The van der Waals surface area contributed by atoms with Gasteiger partial charge in [-0.3, -0.25) is 9.36 Å². The Morgan fingerprint density at radius 3 is 2.50 bits per heavy atom. The highest BCUT2D eigenvalue weighted by atomic mass is 31.1. The third kappa shape index (κ3) is 2.77. The van der Waals surface area contributed by atoms with Gasteiger partial charge in [-0.1, -0.05) is 0 Å². The Labute approximate surface area is 47.9 Å². The lowest BCUT2D eigenvalue weighted by atomic mass is 10.9. The van der Waals surface area contributed by atoms with Crippen LogP contribution in [0.4, 0.5) is 4.79 Å². The Balaban J connectivity index is 3.49. The summed E-state index contributed by atoms with van der Waals surface area (Å²) in [5.41, 5.74) is 3.73. The molecule has 4 nitrogen and oxygen atoms in total. The molecule has 0 heterocycles. The second-order valence-corrected chi connectivity index (χ2v) is 2.44. The fourth-order valence-corrected chi connectivity index (χ4v) is 0.607. The quantitative estimate of drug-likeness (QED) is 0.578. The van der Waals surface area contributed by atoms with Gasteiger partial charge in [0, 0.05) is 0 Å². The average molecular weight is 137 g/mol. The molecule has 0 spiro atoms. The topological polar surface area (TPSA) is 69.4 Å². The maximum atomic E-state index is 10.2. The van der Waals surface area contributed by atoms with Gasteiger partial charge in [-0.05, 0) is 6.92 Å².